The number of anilines is 2. The van der Waals surface area contributed by atoms with Crippen molar-refractivity contribution in [1.29, 1.82) is 5.26 Å². The number of imidazole rings is 1. The number of fused-ring (bicyclic) bond motifs is 2. The van der Waals surface area contributed by atoms with Gasteiger partial charge in [0.2, 0.25) is 5.75 Å². The molecule has 0 aliphatic rings. The summed E-state index contributed by atoms with van der Waals surface area (Å²) in [5.41, 5.74) is 4.97. The number of hydrogen-bond acceptors (Lipinski definition) is 8. The molecule has 0 fully saturated rings. The van der Waals surface area contributed by atoms with Crippen molar-refractivity contribution < 1.29 is 19.0 Å². The molecule has 6 aromatic rings. The number of aromatic amines is 2. The number of rotatable bonds is 9. The second-order valence-electron chi connectivity index (χ2n) is 9.30. The minimum atomic E-state index is -0.258. The van der Waals surface area contributed by atoms with Crippen LogP contribution in [0, 0.1) is 11.3 Å². The molecule has 0 saturated carbocycles. The first-order valence-electron chi connectivity index (χ1n) is 12.9. The van der Waals surface area contributed by atoms with Crippen LogP contribution in [0.2, 0.25) is 0 Å². The average Bonchev–Trinajstić information content (AvgIpc) is 3.74. The lowest BCUT2D eigenvalue weighted by molar-refractivity contribution is 0.0947. The Balaban J connectivity index is 1.27. The van der Waals surface area contributed by atoms with Crippen LogP contribution < -0.4 is 24.8 Å². The monoisotopic (exact) mass is 562 g/mol. The number of nitrogens with one attached hydrogen (secondary N) is 4. The lowest BCUT2D eigenvalue weighted by Gasteiger charge is -2.14. The van der Waals surface area contributed by atoms with Crippen LogP contribution in [0.5, 0.6) is 17.2 Å². The van der Waals surface area contributed by atoms with Crippen molar-refractivity contribution in [2.75, 3.05) is 26.6 Å². The van der Waals surface area contributed by atoms with Crippen molar-refractivity contribution in [1.82, 2.24) is 30.1 Å². The lowest BCUT2D eigenvalue weighted by atomic mass is 10.1. The smallest absolute Gasteiger partial charge is 0.272 e. The zero-order chi connectivity index (χ0) is 29.2. The lowest BCUT2D eigenvalue weighted by Crippen LogP contribution is -2.23. The largest absolute Gasteiger partial charge is 0.493 e. The third-order valence-corrected chi connectivity index (χ3v) is 6.87. The molecule has 0 unspecified atom stereocenters. The maximum absolute atomic E-state index is 12.8. The first kappa shape index (κ1) is 26.3. The number of nitriles is 1. The molecule has 0 atom stereocenters. The zero-order valence-electron chi connectivity index (χ0n) is 23.0. The Kier molecular flexibility index (Phi) is 6.82. The molecule has 0 bridgehead atoms. The van der Waals surface area contributed by atoms with E-state index >= 15 is 0 Å². The van der Waals surface area contributed by atoms with Gasteiger partial charge in [0.15, 0.2) is 28.7 Å². The third kappa shape index (κ3) is 4.58. The van der Waals surface area contributed by atoms with Gasteiger partial charge in [-0.15, -0.1) is 0 Å². The van der Waals surface area contributed by atoms with E-state index in [1.54, 1.807) is 44.2 Å². The highest BCUT2D eigenvalue weighted by Gasteiger charge is 2.22. The van der Waals surface area contributed by atoms with Gasteiger partial charge in [0.05, 0.1) is 26.8 Å². The number of aromatic nitrogens is 5. The molecule has 3 aromatic carbocycles. The molecular formula is C30H26N8O4. The van der Waals surface area contributed by atoms with E-state index in [0.29, 0.717) is 57.8 Å². The fourth-order valence-corrected chi connectivity index (χ4v) is 4.78. The quantitative estimate of drug-likeness (QED) is 0.196. The van der Waals surface area contributed by atoms with Crippen molar-refractivity contribution in [2.45, 2.75) is 6.54 Å². The fourth-order valence-electron chi connectivity index (χ4n) is 4.78. The molecule has 4 N–H and O–H groups in total. The van der Waals surface area contributed by atoms with E-state index in [9.17, 15) is 10.1 Å². The standard InChI is InChI=1S/C30H26N8O4/c1-40-23-12-18(13-24(41-2)27(23)42-3)25-29(38-28(35-25)19(14-31)16-33-38)34-20-10-8-17(9-11-20)15-32-30(39)26-21-6-4-5-7-22(21)36-37-26/h4-13,16,33-34H,15H2,1-3H3,(H,32,39)(H,36,37). The molecule has 12 heteroatoms. The van der Waals surface area contributed by atoms with Gasteiger partial charge in [-0.2, -0.15) is 10.4 Å². The number of benzene rings is 3. The topological polar surface area (TPSA) is 154 Å². The third-order valence-electron chi connectivity index (χ3n) is 6.87. The Hall–Kier alpha value is -5.96. The van der Waals surface area contributed by atoms with Crippen LogP contribution >= 0.6 is 0 Å². The van der Waals surface area contributed by atoms with Gasteiger partial charge in [0.1, 0.15) is 17.3 Å². The number of amides is 1. The Morgan fingerprint density at radius 2 is 1.76 bits per heavy atom. The van der Waals surface area contributed by atoms with E-state index in [1.807, 2.05) is 48.5 Å². The Morgan fingerprint density at radius 3 is 2.45 bits per heavy atom. The van der Waals surface area contributed by atoms with Crippen LogP contribution in [0.15, 0.2) is 66.9 Å². The van der Waals surface area contributed by atoms with E-state index in [4.69, 9.17) is 19.2 Å². The number of methoxy groups -OCH3 is 3. The summed E-state index contributed by atoms with van der Waals surface area (Å²) in [6.07, 6.45) is 1.60. The van der Waals surface area contributed by atoms with Crippen molar-refractivity contribution >= 4 is 34.0 Å². The highest BCUT2D eigenvalue weighted by Crippen LogP contribution is 2.43. The highest BCUT2D eigenvalue weighted by atomic mass is 16.5. The van der Waals surface area contributed by atoms with Gasteiger partial charge in [0, 0.05) is 29.4 Å². The molecule has 0 saturated heterocycles. The van der Waals surface area contributed by atoms with Crippen molar-refractivity contribution in [3.63, 3.8) is 0 Å². The Labute approximate surface area is 239 Å². The van der Waals surface area contributed by atoms with Crippen LogP contribution in [-0.4, -0.2) is 52.0 Å². The van der Waals surface area contributed by atoms with Crippen LogP contribution in [0.4, 0.5) is 11.5 Å². The maximum atomic E-state index is 12.8. The van der Waals surface area contributed by atoms with E-state index in [1.165, 1.54) is 0 Å². The van der Waals surface area contributed by atoms with Gasteiger partial charge in [-0.1, -0.05) is 30.3 Å². The molecular weight excluding hydrogens is 536 g/mol. The summed E-state index contributed by atoms with van der Waals surface area (Å²) in [6, 6.07) is 20.9. The first-order valence-corrected chi connectivity index (χ1v) is 12.9. The molecule has 0 aliphatic carbocycles. The molecule has 0 spiro atoms. The predicted molar refractivity (Wildman–Crippen MR) is 156 cm³/mol. The summed E-state index contributed by atoms with van der Waals surface area (Å²) in [4.78, 5) is 17.5. The normalized spacial score (nSPS) is 10.9. The number of carbonyl (C=O) groups is 1. The molecule has 3 aromatic heterocycles. The summed E-state index contributed by atoms with van der Waals surface area (Å²) < 4.78 is 18.3. The average molecular weight is 563 g/mol. The van der Waals surface area contributed by atoms with E-state index in [-0.39, 0.29) is 5.91 Å². The van der Waals surface area contributed by atoms with Gasteiger partial charge >= 0.3 is 0 Å². The van der Waals surface area contributed by atoms with E-state index in [0.717, 1.165) is 22.2 Å². The zero-order valence-corrected chi connectivity index (χ0v) is 23.0. The molecule has 42 heavy (non-hydrogen) atoms. The molecule has 210 valence electrons. The van der Waals surface area contributed by atoms with E-state index in [2.05, 4.69) is 32.0 Å². The molecule has 12 nitrogen and oxygen atoms in total. The summed E-state index contributed by atoms with van der Waals surface area (Å²) >= 11 is 0. The van der Waals surface area contributed by atoms with Crippen LogP contribution in [0.1, 0.15) is 21.6 Å². The number of para-hydroxylation sites is 1. The van der Waals surface area contributed by atoms with Crippen molar-refractivity contribution in [2.24, 2.45) is 0 Å². The number of hydrogen-bond donors (Lipinski definition) is 4. The van der Waals surface area contributed by atoms with E-state index < -0.39 is 0 Å². The van der Waals surface area contributed by atoms with Gasteiger partial charge in [-0.25, -0.2) is 9.50 Å². The maximum Gasteiger partial charge on any atom is 0.272 e. The van der Waals surface area contributed by atoms with Gasteiger partial charge < -0.3 is 24.8 Å². The van der Waals surface area contributed by atoms with Crippen molar-refractivity contribution in [3.05, 3.63) is 83.7 Å². The van der Waals surface area contributed by atoms with Crippen LogP contribution in [0.25, 0.3) is 27.8 Å². The van der Waals surface area contributed by atoms with Gasteiger partial charge in [-0.05, 0) is 35.9 Å². The predicted octanol–water partition coefficient (Wildman–Crippen LogP) is 4.78. The molecule has 3 heterocycles. The second kappa shape index (κ2) is 10.9. The molecule has 1 amide bonds. The SMILES string of the molecule is COc1cc(-c2nc3c(C#N)c[nH]n3c2Nc2ccc(CNC(=O)c3n[nH]c4ccccc34)cc2)cc(OC)c1OC. The van der Waals surface area contributed by atoms with Crippen LogP contribution in [0.3, 0.4) is 0 Å². The summed E-state index contributed by atoms with van der Waals surface area (Å²) in [7, 11) is 4.64. The summed E-state index contributed by atoms with van der Waals surface area (Å²) in [5.74, 6) is 1.76. The molecule has 0 radical (unpaired) electrons. The molecule has 6 rings (SSSR count). The van der Waals surface area contributed by atoms with Crippen molar-refractivity contribution in [3.8, 4) is 34.6 Å². The first-order chi connectivity index (χ1) is 20.5. The Bertz CT molecular complexity index is 1940. The number of nitrogens with zero attached hydrogens (tertiary/aromatic N) is 4. The Morgan fingerprint density at radius 1 is 1.02 bits per heavy atom. The number of H-pyrrole nitrogens is 2. The van der Waals surface area contributed by atoms with Crippen LogP contribution in [-0.2, 0) is 6.54 Å². The van der Waals surface area contributed by atoms with Gasteiger partial charge in [-0.3, -0.25) is 15.0 Å². The summed E-state index contributed by atoms with van der Waals surface area (Å²) in [6.45, 7) is 0.329. The minimum Gasteiger partial charge on any atom is -0.493 e. The number of carbonyl (C=O) groups excluding carboxylic acids is 1. The molecule has 0 aliphatic heterocycles. The highest BCUT2D eigenvalue weighted by molar-refractivity contribution is 6.04. The fraction of sp³-hybridized carbons (Fsp3) is 0.133. The minimum absolute atomic E-state index is 0.258. The summed E-state index contributed by atoms with van der Waals surface area (Å²) in [5, 5.41) is 26.9. The second-order valence-corrected chi connectivity index (χ2v) is 9.30. The number of ether oxygens (including phenoxy) is 3. The van der Waals surface area contributed by atoms with Gasteiger partial charge in [0.25, 0.3) is 5.91 Å².